The first-order chi connectivity index (χ1) is 23.2. The Bertz CT molecular complexity index is 2460. The van der Waals surface area contributed by atoms with Gasteiger partial charge in [0.25, 0.3) is 0 Å². The lowest BCUT2D eigenvalue weighted by atomic mass is 10.0. The van der Waals surface area contributed by atoms with Gasteiger partial charge in [0.1, 0.15) is 0 Å². The zero-order chi connectivity index (χ0) is 31.3. The zero-order valence-electron chi connectivity index (χ0n) is 25.2. The summed E-state index contributed by atoms with van der Waals surface area (Å²) in [6, 6.07) is 58.3. The van der Waals surface area contributed by atoms with E-state index in [0.29, 0.717) is 5.56 Å². The average Bonchev–Trinajstić information content (AvgIpc) is 3.71. The normalized spacial score (nSPS) is 11.4. The van der Waals surface area contributed by atoms with Crippen molar-refractivity contribution in [1.29, 1.82) is 5.26 Å². The molecule has 0 bridgehead atoms. The van der Waals surface area contributed by atoms with Crippen molar-refractivity contribution in [2.75, 3.05) is 4.90 Å². The number of thiophene rings is 2. The molecule has 0 saturated carbocycles. The van der Waals surface area contributed by atoms with Crippen molar-refractivity contribution in [2.24, 2.45) is 0 Å². The number of hydrogen-bond acceptors (Lipinski definition) is 4. The van der Waals surface area contributed by atoms with E-state index in [9.17, 15) is 5.26 Å². The Hall–Kier alpha value is -5.73. The van der Waals surface area contributed by atoms with Gasteiger partial charge in [0.15, 0.2) is 0 Å². The number of nitriles is 1. The predicted octanol–water partition coefficient (Wildman–Crippen LogP) is 13.1. The van der Waals surface area contributed by atoms with Crippen LogP contribution in [0.4, 0.5) is 17.1 Å². The predicted molar refractivity (Wildman–Crippen MR) is 202 cm³/mol. The largest absolute Gasteiger partial charge is 0.311 e. The molecular formula is C43H26N2S2. The lowest BCUT2D eigenvalue weighted by molar-refractivity contribution is 1.28. The third-order valence-electron chi connectivity index (χ3n) is 8.94. The smallest absolute Gasteiger partial charge is 0.0991 e. The van der Waals surface area contributed by atoms with E-state index in [-0.39, 0.29) is 0 Å². The maximum Gasteiger partial charge on any atom is 0.0991 e. The summed E-state index contributed by atoms with van der Waals surface area (Å²) in [5, 5.41) is 14.7. The van der Waals surface area contributed by atoms with Crippen molar-refractivity contribution in [3.63, 3.8) is 0 Å². The molecule has 2 aromatic heterocycles. The Balaban J connectivity index is 1.12. The highest BCUT2D eigenvalue weighted by molar-refractivity contribution is 7.26. The average molecular weight is 635 g/mol. The minimum Gasteiger partial charge on any atom is -0.311 e. The molecule has 0 radical (unpaired) electrons. The standard InChI is InChI=1S/C43H26N2S2/c44-27-28-15-21-31(22-16-28)45(32-23-17-29(18-24-32)34-9-5-11-38-36-7-1-3-13-40(36)46-42(34)38)33-25-19-30(20-26-33)35-10-6-12-39-37-8-2-4-14-41(37)47-43(35)39/h1-26H. The minimum atomic E-state index is 0.646. The summed E-state index contributed by atoms with van der Waals surface area (Å²) in [4.78, 5) is 2.26. The fourth-order valence-electron chi connectivity index (χ4n) is 6.66. The molecule has 0 spiro atoms. The number of benzene rings is 7. The lowest BCUT2D eigenvalue weighted by Crippen LogP contribution is -2.09. The van der Waals surface area contributed by atoms with Crippen molar-refractivity contribution in [1.82, 2.24) is 0 Å². The number of nitrogens with zero attached hydrogens (tertiary/aromatic N) is 2. The van der Waals surface area contributed by atoms with E-state index in [1.165, 1.54) is 62.6 Å². The van der Waals surface area contributed by atoms with Gasteiger partial charge in [0, 0.05) is 57.4 Å². The second-order valence-electron chi connectivity index (χ2n) is 11.6. The van der Waals surface area contributed by atoms with E-state index in [4.69, 9.17) is 0 Å². The summed E-state index contributed by atoms with van der Waals surface area (Å²) in [5.74, 6) is 0. The number of hydrogen-bond donors (Lipinski definition) is 0. The van der Waals surface area contributed by atoms with Gasteiger partial charge >= 0.3 is 0 Å². The van der Waals surface area contributed by atoms with Crippen LogP contribution < -0.4 is 4.90 Å². The van der Waals surface area contributed by atoms with Gasteiger partial charge in [-0.25, -0.2) is 0 Å². The van der Waals surface area contributed by atoms with Crippen molar-refractivity contribution in [2.45, 2.75) is 0 Å². The molecule has 0 aliphatic carbocycles. The van der Waals surface area contributed by atoms with Gasteiger partial charge < -0.3 is 4.90 Å². The van der Waals surface area contributed by atoms with Crippen LogP contribution in [-0.4, -0.2) is 0 Å². The van der Waals surface area contributed by atoms with Crippen LogP contribution in [0.1, 0.15) is 5.56 Å². The molecule has 9 aromatic rings. The van der Waals surface area contributed by atoms with Crippen molar-refractivity contribution < 1.29 is 0 Å². The maximum absolute atomic E-state index is 9.46. The van der Waals surface area contributed by atoms with Gasteiger partial charge in [0.05, 0.1) is 11.6 Å². The summed E-state index contributed by atoms with van der Waals surface area (Å²) in [5.41, 5.74) is 8.65. The van der Waals surface area contributed by atoms with Gasteiger partial charge in [-0.3, -0.25) is 0 Å². The van der Waals surface area contributed by atoms with Crippen LogP contribution in [0.5, 0.6) is 0 Å². The van der Waals surface area contributed by atoms with Crippen molar-refractivity contribution in [3.05, 3.63) is 163 Å². The second-order valence-corrected chi connectivity index (χ2v) is 13.8. The number of rotatable bonds is 5. The summed E-state index contributed by atoms with van der Waals surface area (Å²) < 4.78 is 5.25. The molecule has 0 N–H and O–H groups in total. The van der Waals surface area contributed by atoms with Crippen LogP contribution in [0, 0.1) is 11.3 Å². The number of fused-ring (bicyclic) bond motifs is 6. The molecule has 4 heteroatoms. The molecule has 7 aromatic carbocycles. The monoisotopic (exact) mass is 634 g/mol. The summed E-state index contributed by atoms with van der Waals surface area (Å²) >= 11 is 3.71. The van der Waals surface area contributed by atoms with Crippen LogP contribution >= 0.6 is 22.7 Å². The highest BCUT2D eigenvalue weighted by Crippen LogP contribution is 2.43. The van der Waals surface area contributed by atoms with Crippen LogP contribution in [0.15, 0.2) is 158 Å². The van der Waals surface area contributed by atoms with Crippen molar-refractivity contribution in [3.8, 4) is 28.3 Å². The fourth-order valence-corrected chi connectivity index (χ4v) is 9.14. The second kappa shape index (κ2) is 11.3. The van der Waals surface area contributed by atoms with Crippen molar-refractivity contribution >= 4 is 80.1 Å². The van der Waals surface area contributed by atoms with E-state index in [2.05, 4.69) is 144 Å². The molecular weight excluding hydrogens is 609 g/mol. The molecule has 0 saturated heterocycles. The molecule has 9 rings (SSSR count). The molecule has 0 atom stereocenters. The Morgan fingerprint density at radius 1 is 0.404 bits per heavy atom. The first-order valence-electron chi connectivity index (χ1n) is 15.6. The summed E-state index contributed by atoms with van der Waals surface area (Å²) in [7, 11) is 0. The third kappa shape index (κ3) is 4.68. The van der Waals surface area contributed by atoms with Crippen LogP contribution in [0.2, 0.25) is 0 Å². The highest BCUT2D eigenvalue weighted by atomic mass is 32.1. The first-order valence-corrected chi connectivity index (χ1v) is 17.2. The molecule has 2 heterocycles. The Morgan fingerprint density at radius 3 is 1.26 bits per heavy atom. The molecule has 2 nitrogen and oxygen atoms in total. The topological polar surface area (TPSA) is 27.0 Å². The molecule has 0 aliphatic rings. The van der Waals surface area contributed by atoms with Gasteiger partial charge in [-0.05, 0) is 82.9 Å². The maximum atomic E-state index is 9.46. The SMILES string of the molecule is N#Cc1ccc(N(c2ccc(-c3cccc4c3sc3ccccc34)cc2)c2ccc(-c3cccc4c3sc3ccccc34)cc2)cc1. The van der Waals surface area contributed by atoms with E-state index in [1.54, 1.807) is 0 Å². The van der Waals surface area contributed by atoms with Gasteiger partial charge in [-0.15, -0.1) is 22.7 Å². The molecule has 220 valence electrons. The summed E-state index contributed by atoms with van der Waals surface area (Å²) in [6.07, 6.45) is 0. The molecule has 0 aliphatic heterocycles. The highest BCUT2D eigenvalue weighted by Gasteiger charge is 2.16. The fraction of sp³-hybridized carbons (Fsp3) is 0. The first kappa shape index (κ1) is 27.6. The quantitative estimate of drug-likeness (QED) is 0.188. The molecule has 0 unspecified atom stereocenters. The Labute approximate surface area is 280 Å². The van der Waals surface area contributed by atoms with Gasteiger partial charge in [0.2, 0.25) is 0 Å². The van der Waals surface area contributed by atoms with Crippen LogP contribution in [0.25, 0.3) is 62.6 Å². The van der Waals surface area contributed by atoms with Gasteiger partial charge in [-0.1, -0.05) is 97.1 Å². The molecule has 0 amide bonds. The molecule has 47 heavy (non-hydrogen) atoms. The summed E-state index contributed by atoms with van der Waals surface area (Å²) in [6.45, 7) is 0. The van der Waals surface area contributed by atoms with E-state index in [1.807, 2.05) is 46.9 Å². The van der Waals surface area contributed by atoms with Crippen LogP contribution in [0.3, 0.4) is 0 Å². The van der Waals surface area contributed by atoms with Gasteiger partial charge in [-0.2, -0.15) is 5.26 Å². The third-order valence-corrected chi connectivity index (χ3v) is 11.4. The Kier molecular flexibility index (Phi) is 6.60. The number of anilines is 3. The van der Waals surface area contributed by atoms with E-state index >= 15 is 0 Å². The molecule has 0 fully saturated rings. The van der Waals surface area contributed by atoms with E-state index in [0.717, 1.165) is 17.1 Å². The minimum absolute atomic E-state index is 0.646. The van der Waals surface area contributed by atoms with Crippen LogP contribution in [-0.2, 0) is 0 Å². The zero-order valence-corrected chi connectivity index (χ0v) is 26.9. The Morgan fingerprint density at radius 2 is 0.809 bits per heavy atom. The lowest BCUT2D eigenvalue weighted by Gasteiger charge is -2.26. The van der Waals surface area contributed by atoms with E-state index < -0.39 is 0 Å².